The molecule has 90 valence electrons. The molecule has 1 aromatic rings. The Morgan fingerprint density at radius 1 is 1.62 bits per heavy atom. The predicted molar refractivity (Wildman–Crippen MR) is 67.7 cm³/mol. The number of furan rings is 1. The third-order valence-electron chi connectivity index (χ3n) is 2.49. The summed E-state index contributed by atoms with van der Waals surface area (Å²) in [7, 11) is 0. The van der Waals surface area contributed by atoms with Crippen molar-refractivity contribution in [3.8, 4) is 0 Å². The molecule has 1 amide bonds. The number of aryl methyl sites for hydroxylation is 1. The van der Waals surface area contributed by atoms with Gasteiger partial charge in [0.25, 0.3) is 0 Å². The van der Waals surface area contributed by atoms with Crippen molar-refractivity contribution in [2.45, 2.75) is 38.6 Å². The lowest BCUT2D eigenvalue weighted by molar-refractivity contribution is -0.121. The zero-order valence-corrected chi connectivity index (χ0v) is 11.1. The molecule has 0 aliphatic carbocycles. The Labute approximate surface area is 105 Å². The van der Waals surface area contributed by atoms with Gasteiger partial charge in [0, 0.05) is 24.2 Å². The smallest absolute Gasteiger partial charge is 0.220 e. The van der Waals surface area contributed by atoms with Crippen LogP contribution in [0, 0.1) is 0 Å². The summed E-state index contributed by atoms with van der Waals surface area (Å²) in [6.07, 6.45) is 4.74. The van der Waals surface area contributed by atoms with E-state index in [2.05, 4.69) is 28.2 Å². The molecule has 3 nitrogen and oxygen atoms in total. The van der Waals surface area contributed by atoms with Gasteiger partial charge in [-0.3, -0.25) is 4.79 Å². The van der Waals surface area contributed by atoms with E-state index < -0.39 is 0 Å². The number of carbonyl (C=O) groups excluding carboxylic acids is 1. The monoisotopic (exact) mass is 287 g/mol. The fourth-order valence-electron chi connectivity index (χ4n) is 1.50. The second kappa shape index (κ2) is 7.49. The highest BCUT2D eigenvalue weighted by Crippen LogP contribution is 2.05. The van der Waals surface area contributed by atoms with Gasteiger partial charge >= 0.3 is 0 Å². The minimum atomic E-state index is 0.101. The van der Waals surface area contributed by atoms with Gasteiger partial charge in [0.2, 0.25) is 5.91 Å². The van der Waals surface area contributed by atoms with E-state index in [0.29, 0.717) is 12.8 Å². The Morgan fingerprint density at radius 3 is 3.00 bits per heavy atom. The lowest BCUT2D eigenvalue weighted by Gasteiger charge is -2.15. The molecule has 1 N–H and O–H groups in total. The molecule has 0 saturated heterocycles. The number of nitrogens with one attached hydrogen (secondary N) is 1. The number of hydrogen-bond acceptors (Lipinski definition) is 2. The molecule has 0 radical (unpaired) electrons. The maximum atomic E-state index is 11.6. The van der Waals surface area contributed by atoms with Gasteiger partial charge in [-0.05, 0) is 25.0 Å². The van der Waals surface area contributed by atoms with Gasteiger partial charge in [-0.15, -0.1) is 0 Å². The van der Waals surface area contributed by atoms with E-state index in [9.17, 15) is 4.79 Å². The van der Waals surface area contributed by atoms with Crippen molar-refractivity contribution in [2.24, 2.45) is 0 Å². The molecule has 0 aliphatic heterocycles. The number of alkyl halides is 1. The van der Waals surface area contributed by atoms with Crippen LogP contribution in [0.4, 0.5) is 0 Å². The van der Waals surface area contributed by atoms with Crippen molar-refractivity contribution in [1.82, 2.24) is 5.32 Å². The molecule has 1 unspecified atom stereocenters. The number of rotatable bonds is 7. The lowest BCUT2D eigenvalue weighted by Crippen LogP contribution is -2.34. The molecular weight excluding hydrogens is 270 g/mol. The van der Waals surface area contributed by atoms with Crippen LogP contribution in [0.5, 0.6) is 0 Å². The Bertz CT molecular complexity index is 298. The average molecular weight is 288 g/mol. The van der Waals surface area contributed by atoms with Crippen LogP contribution in [0.1, 0.15) is 31.9 Å². The van der Waals surface area contributed by atoms with Crippen molar-refractivity contribution in [3.05, 3.63) is 24.2 Å². The first-order chi connectivity index (χ1) is 7.76. The minimum Gasteiger partial charge on any atom is -0.469 e. The molecule has 0 spiro atoms. The number of halogens is 1. The molecule has 1 aromatic heterocycles. The van der Waals surface area contributed by atoms with Gasteiger partial charge in [0.15, 0.2) is 0 Å². The van der Waals surface area contributed by atoms with Crippen LogP contribution in [0.3, 0.4) is 0 Å². The van der Waals surface area contributed by atoms with Crippen molar-refractivity contribution < 1.29 is 9.21 Å². The topological polar surface area (TPSA) is 42.2 Å². The molecule has 1 rings (SSSR count). The Kier molecular flexibility index (Phi) is 6.23. The van der Waals surface area contributed by atoms with Crippen LogP contribution in [-0.4, -0.2) is 17.3 Å². The van der Waals surface area contributed by atoms with Gasteiger partial charge in [-0.2, -0.15) is 0 Å². The molecule has 4 heteroatoms. The van der Waals surface area contributed by atoms with E-state index in [0.717, 1.165) is 23.9 Å². The van der Waals surface area contributed by atoms with Gasteiger partial charge in [0.05, 0.1) is 6.26 Å². The molecule has 1 atom stereocenters. The van der Waals surface area contributed by atoms with E-state index in [1.165, 1.54) is 0 Å². The van der Waals surface area contributed by atoms with Gasteiger partial charge < -0.3 is 9.73 Å². The van der Waals surface area contributed by atoms with Crippen LogP contribution in [0.2, 0.25) is 0 Å². The van der Waals surface area contributed by atoms with E-state index in [-0.39, 0.29) is 11.9 Å². The van der Waals surface area contributed by atoms with E-state index in [1.807, 2.05) is 12.1 Å². The van der Waals surface area contributed by atoms with Gasteiger partial charge in [-0.1, -0.05) is 22.9 Å². The highest BCUT2D eigenvalue weighted by Gasteiger charge is 2.10. The molecular formula is C12H18BrNO2. The van der Waals surface area contributed by atoms with Gasteiger partial charge in [0.1, 0.15) is 5.76 Å². The highest BCUT2D eigenvalue weighted by atomic mass is 79.9. The molecule has 0 saturated carbocycles. The van der Waals surface area contributed by atoms with Crippen molar-refractivity contribution in [3.63, 3.8) is 0 Å². The first-order valence-electron chi connectivity index (χ1n) is 5.64. The van der Waals surface area contributed by atoms with Crippen LogP contribution in [0.15, 0.2) is 22.8 Å². The van der Waals surface area contributed by atoms with Crippen LogP contribution in [-0.2, 0) is 11.2 Å². The summed E-state index contributed by atoms with van der Waals surface area (Å²) < 4.78 is 5.18. The van der Waals surface area contributed by atoms with Crippen LogP contribution < -0.4 is 5.32 Å². The minimum absolute atomic E-state index is 0.101. The first-order valence-corrected chi connectivity index (χ1v) is 6.76. The fraction of sp³-hybridized carbons (Fsp3) is 0.583. The normalized spacial score (nSPS) is 12.4. The largest absolute Gasteiger partial charge is 0.469 e. The number of carbonyl (C=O) groups is 1. The lowest BCUT2D eigenvalue weighted by atomic mass is 10.1. The molecule has 1 heterocycles. The van der Waals surface area contributed by atoms with Crippen LogP contribution >= 0.6 is 15.9 Å². The molecule has 0 aliphatic rings. The van der Waals surface area contributed by atoms with E-state index in [1.54, 1.807) is 6.26 Å². The SMILES string of the molecule is CCC(CCBr)NC(=O)CCc1ccco1. The molecule has 16 heavy (non-hydrogen) atoms. The molecule has 0 fully saturated rings. The van der Waals surface area contributed by atoms with E-state index in [4.69, 9.17) is 4.42 Å². The Hall–Kier alpha value is -0.770. The van der Waals surface area contributed by atoms with Crippen LogP contribution in [0.25, 0.3) is 0 Å². The summed E-state index contributed by atoms with van der Waals surface area (Å²) in [5.41, 5.74) is 0. The summed E-state index contributed by atoms with van der Waals surface area (Å²) in [6, 6.07) is 4.01. The molecule has 0 aromatic carbocycles. The summed E-state index contributed by atoms with van der Waals surface area (Å²) in [4.78, 5) is 11.6. The number of hydrogen-bond donors (Lipinski definition) is 1. The Balaban J connectivity index is 2.24. The standard InChI is InChI=1S/C12H18BrNO2/c1-2-10(7-8-13)14-12(15)6-5-11-4-3-9-16-11/h3-4,9-10H,2,5-8H2,1H3,(H,14,15). The molecule has 0 bridgehead atoms. The summed E-state index contributed by atoms with van der Waals surface area (Å²) in [5, 5.41) is 3.94. The zero-order chi connectivity index (χ0) is 11.8. The third kappa shape index (κ3) is 4.84. The van der Waals surface area contributed by atoms with Crippen molar-refractivity contribution in [2.75, 3.05) is 5.33 Å². The maximum Gasteiger partial charge on any atom is 0.220 e. The number of amides is 1. The summed E-state index contributed by atoms with van der Waals surface area (Å²) >= 11 is 3.38. The second-order valence-corrected chi connectivity index (χ2v) is 4.52. The quantitative estimate of drug-likeness (QED) is 0.784. The average Bonchev–Trinajstić information content (AvgIpc) is 2.78. The third-order valence-corrected chi connectivity index (χ3v) is 2.95. The zero-order valence-electron chi connectivity index (χ0n) is 9.54. The maximum absolute atomic E-state index is 11.6. The fourth-order valence-corrected chi connectivity index (χ4v) is 2.05. The van der Waals surface area contributed by atoms with Crippen molar-refractivity contribution >= 4 is 21.8 Å². The second-order valence-electron chi connectivity index (χ2n) is 3.73. The Morgan fingerprint density at radius 2 is 2.44 bits per heavy atom. The predicted octanol–water partition coefficient (Wildman–Crippen LogP) is 2.89. The van der Waals surface area contributed by atoms with E-state index >= 15 is 0 Å². The van der Waals surface area contributed by atoms with Crippen molar-refractivity contribution in [1.29, 1.82) is 0 Å². The highest BCUT2D eigenvalue weighted by molar-refractivity contribution is 9.09. The van der Waals surface area contributed by atoms with Gasteiger partial charge in [-0.25, -0.2) is 0 Å². The summed E-state index contributed by atoms with van der Waals surface area (Å²) in [6.45, 7) is 2.08. The first kappa shape index (κ1) is 13.3. The summed E-state index contributed by atoms with van der Waals surface area (Å²) in [5.74, 6) is 0.966.